The van der Waals surface area contributed by atoms with E-state index in [9.17, 15) is 4.79 Å². The van der Waals surface area contributed by atoms with Gasteiger partial charge in [0.25, 0.3) is 5.91 Å². The zero-order chi connectivity index (χ0) is 17.1. The second-order valence-corrected chi connectivity index (χ2v) is 6.63. The van der Waals surface area contributed by atoms with Gasteiger partial charge in [-0.1, -0.05) is 72.2 Å². The van der Waals surface area contributed by atoms with Gasteiger partial charge in [-0.15, -0.1) is 0 Å². The molecule has 4 rings (SSSR count). The van der Waals surface area contributed by atoms with E-state index in [0.717, 1.165) is 18.4 Å². The normalized spacial score (nSPS) is 15.4. The topological polar surface area (TPSA) is 55.1 Å². The molecule has 126 valence electrons. The van der Waals surface area contributed by atoms with Gasteiger partial charge in [-0.2, -0.15) is 0 Å². The Hall–Kier alpha value is -2.88. The summed E-state index contributed by atoms with van der Waals surface area (Å²) in [4.78, 5) is 12.5. The summed E-state index contributed by atoms with van der Waals surface area (Å²) < 4.78 is 5.32. The van der Waals surface area contributed by atoms with Crippen LogP contribution in [0.3, 0.4) is 0 Å². The fourth-order valence-corrected chi connectivity index (χ4v) is 3.42. The van der Waals surface area contributed by atoms with E-state index in [2.05, 4.69) is 34.7 Å². The van der Waals surface area contributed by atoms with E-state index in [1.807, 2.05) is 36.4 Å². The number of nitrogens with zero attached hydrogens (tertiary/aromatic N) is 1. The Bertz CT molecular complexity index is 852. The highest BCUT2D eigenvalue weighted by Crippen LogP contribution is 2.43. The summed E-state index contributed by atoms with van der Waals surface area (Å²) in [6, 6.07) is 21.8. The van der Waals surface area contributed by atoms with E-state index >= 15 is 0 Å². The van der Waals surface area contributed by atoms with Crippen LogP contribution in [0.1, 0.15) is 35.3 Å². The number of aromatic nitrogens is 1. The Morgan fingerprint density at radius 1 is 1.04 bits per heavy atom. The molecular formula is C21H20N2O2. The van der Waals surface area contributed by atoms with Crippen LogP contribution in [0.2, 0.25) is 0 Å². The molecule has 0 saturated heterocycles. The van der Waals surface area contributed by atoms with Gasteiger partial charge in [-0.05, 0) is 18.4 Å². The molecule has 0 atom stereocenters. The van der Waals surface area contributed by atoms with E-state index in [-0.39, 0.29) is 11.3 Å². The third kappa shape index (κ3) is 3.07. The van der Waals surface area contributed by atoms with Crippen molar-refractivity contribution < 1.29 is 9.32 Å². The quantitative estimate of drug-likeness (QED) is 0.762. The molecule has 1 fully saturated rings. The molecule has 1 saturated carbocycles. The second-order valence-electron chi connectivity index (χ2n) is 6.63. The van der Waals surface area contributed by atoms with Crippen LogP contribution in [-0.2, 0) is 5.41 Å². The number of carbonyl (C=O) groups excluding carboxylic acids is 1. The Morgan fingerprint density at radius 2 is 1.72 bits per heavy atom. The molecule has 1 aromatic heterocycles. The lowest BCUT2D eigenvalue weighted by atomic mass is 9.64. The van der Waals surface area contributed by atoms with Crippen molar-refractivity contribution in [1.29, 1.82) is 0 Å². The highest BCUT2D eigenvalue weighted by molar-refractivity contribution is 5.93. The first kappa shape index (κ1) is 15.6. The first-order chi connectivity index (χ1) is 12.3. The van der Waals surface area contributed by atoms with Crippen molar-refractivity contribution in [3.63, 3.8) is 0 Å². The second kappa shape index (κ2) is 6.55. The summed E-state index contributed by atoms with van der Waals surface area (Å²) in [5, 5.41) is 6.97. The highest BCUT2D eigenvalue weighted by atomic mass is 16.5. The van der Waals surface area contributed by atoms with Crippen molar-refractivity contribution in [3.05, 3.63) is 78.0 Å². The van der Waals surface area contributed by atoms with Crippen molar-refractivity contribution in [2.24, 2.45) is 0 Å². The number of hydrogen-bond donors (Lipinski definition) is 1. The third-order valence-electron chi connectivity index (χ3n) is 5.09. The van der Waals surface area contributed by atoms with E-state index in [1.54, 1.807) is 6.07 Å². The Kier molecular flexibility index (Phi) is 4.10. The van der Waals surface area contributed by atoms with Gasteiger partial charge < -0.3 is 9.84 Å². The zero-order valence-corrected chi connectivity index (χ0v) is 13.9. The first-order valence-electron chi connectivity index (χ1n) is 8.63. The molecule has 0 spiro atoms. The Labute approximate surface area is 146 Å². The predicted octanol–water partition coefficient (Wildman–Crippen LogP) is 4.19. The van der Waals surface area contributed by atoms with Crippen molar-refractivity contribution in [2.45, 2.75) is 24.7 Å². The molecule has 4 heteroatoms. The first-order valence-corrected chi connectivity index (χ1v) is 8.63. The number of rotatable bonds is 5. The number of carbonyl (C=O) groups is 1. The fourth-order valence-electron chi connectivity index (χ4n) is 3.42. The maximum absolute atomic E-state index is 12.5. The van der Waals surface area contributed by atoms with E-state index < -0.39 is 0 Å². The summed E-state index contributed by atoms with van der Waals surface area (Å²) in [6.45, 7) is 0.628. The van der Waals surface area contributed by atoms with Crippen molar-refractivity contribution in [2.75, 3.05) is 6.54 Å². The van der Waals surface area contributed by atoms with Crippen LogP contribution in [0, 0.1) is 0 Å². The van der Waals surface area contributed by atoms with Gasteiger partial charge >= 0.3 is 0 Å². The molecule has 1 aliphatic carbocycles. The molecule has 0 unspecified atom stereocenters. The van der Waals surface area contributed by atoms with Crippen LogP contribution in [0.5, 0.6) is 0 Å². The number of benzene rings is 2. The maximum atomic E-state index is 12.5. The molecule has 1 N–H and O–H groups in total. The molecule has 0 bridgehead atoms. The smallest absolute Gasteiger partial charge is 0.273 e. The fraction of sp³-hybridized carbons (Fsp3) is 0.238. The summed E-state index contributed by atoms with van der Waals surface area (Å²) in [6.07, 6.45) is 3.41. The monoisotopic (exact) mass is 332 g/mol. The van der Waals surface area contributed by atoms with Gasteiger partial charge in [0, 0.05) is 23.6 Å². The third-order valence-corrected chi connectivity index (χ3v) is 5.09. The van der Waals surface area contributed by atoms with Gasteiger partial charge in [0.2, 0.25) is 0 Å². The predicted molar refractivity (Wildman–Crippen MR) is 96.2 cm³/mol. The number of hydrogen-bond acceptors (Lipinski definition) is 3. The van der Waals surface area contributed by atoms with Gasteiger partial charge in [0.15, 0.2) is 11.5 Å². The van der Waals surface area contributed by atoms with E-state index in [1.165, 1.54) is 12.0 Å². The minimum absolute atomic E-state index is 0.0584. The zero-order valence-electron chi connectivity index (χ0n) is 13.9. The van der Waals surface area contributed by atoms with Gasteiger partial charge in [0.05, 0.1) is 0 Å². The Morgan fingerprint density at radius 3 is 2.36 bits per heavy atom. The van der Waals surface area contributed by atoms with Crippen LogP contribution in [0.25, 0.3) is 11.3 Å². The average molecular weight is 332 g/mol. The van der Waals surface area contributed by atoms with Crippen molar-refractivity contribution >= 4 is 5.91 Å². The van der Waals surface area contributed by atoms with Gasteiger partial charge in [-0.25, -0.2) is 0 Å². The lowest BCUT2D eigenvalue weighted by molar-refractivity contribution is 0.0919. The Balaban J connectivity index is 1.45. The van der Waals surface area contributed by atoms with Crippen LogP contribution in [-0.4, -0.2) is 17.6 Å². The van der Waals surface area contributed by atoms with Crippen LogP contribution < -0.4 is 5.32 Å². The van der Waals surface area contributed by atoms with Crippen molar-refractivity contribution in [1.82, 2.24) is 10.5 Å². The molecule has 4 nitrogen and oxygen atoms in total. The minimum Gasteiger partial charge on any atom is -0.355 e. The molecule has 1 amide bonds. The maximum Gasteiger partial charge on any atom is 0.273 e. The molecular weight excluding hydrogens is 312 g/mol. The molecule has 25 heavy (non-hydrogen) atoms. The standard InChI is InChI=1S/C21H20N2O2/c24-20(18-14-19(25-23-18)16-8-3-1-4-9-16)22-15-21(12-7-13-21)17-10-5-2-6-11-17/h1-6,8-11,14H,7,12-13,15H2,(H,22,24). The van der Waals surface area contributed by atoms with E-state index in [4.69, 9.17) is 4.52 Å². The minimum atomic E-state index is -0.187. The molecule has 0 aliphatic heterocycles. The summed E-state index contributed by atoms with van der Waals surface area (Å²) in [5.41, 5.74) is 2.59. The number of amides is 1. The van der Waals surface area contributed by atoms with Crippen LogP contribution in [0.15, 0.2) is 71.3 Å². The molecule has 1 aliphatic rings. The molecule has 3 aromatic rings. The molecule has 1 heterocycles. The van der Waals surface area contributed by atoms with Crippen LogP contribution in [0.4, 0.5) is 0 Å². The lowest BCUT2D eigenvalue weighted by Gasteiger charge is -2.42. The molecule has 2 aromatic carbocycles. The number of nitrogens with one attached hydrogen (secondary N) is 1. The lowest BCUT2D eigenvalue weighted by Crippen LogP contribution is -2.45. The summed E-state index contributed by atoms with van der Waals surface area (Å²) in [5.74, 6) is 0.417. The van der Waals surface area contributed by atoms with Crippen LogP contribution >= 0.6 is 0 Å². The van der Waals surface area contributed by atoms with E-state index in [0.29, 0.717) is 18.0 Å². The van der Waals surface area contributed by atoms with Crippen molar-refractivity contribution in [3.8, 4) is 11.3 Å². The highest BCUT2D eigenvalue weighted by Gasteiger charge is 2.38. The molecule has 0 radical (unpaired) electrons. The largest absolute Gasteiger partial charge is 0.355 e. The van der Waals surface area contributed by atoms with Gasteiger partial charge in [-0.3, -0.25) is 4.79 Å². The summed E-state index contributed by atoms with van der Waals surface area (Å²) in [7, 11) is 0. The average Bonchev–Trinajstić information content (AvgIpc) is 3.13. The SMILES string of the molecule is O=C(NCC1(c2ccccc2)CCC1)c1cc(-c2ccccc2)on1. The summed E-state index contributed by atoms with van der Waals surface area (Å²) >= 11 is 0. The van der Waals surface area contributed by atoms with Gasteiger partial charge in [0.1, 0.15) is 0 Å².